The second-order valence-corrected chi connectivity index (χ2v) is 10.0. The highest BCUT2D eigenvalue weighted by Gasteiger charge is 2.37. The molecule has 1 saturated heterocycles. The maximum atomic E-state index is 13.1. The van der Waals surface area contributed by atoms with Gasteiger partial charge in [-0.2, -0.15) is 4.31 Å². The summed E-state index contributed by atoms with van der Waals surface area (Å²) in [5.74, 6) is -3.08. The standard InChI is InChI=1S/C19H20N2O7S2/c1-11-4-3-5-13(10-11)16(22)20-6-8-21(9-7-20)30(27,28)19-14(17(23)24)12(2)15(29-19)18(25)26/h3-5,10H,6-9H2,1-2H3,(H,23,24)(H,25,26). The molecule has 0 aliphatic carbocycles. The summed E-state index contributed by atoms with van der Waals surface area (Å²) >= 11 is 0.438. The zero-order valence-electron chi connectivity index (χ0n) is 16.3. The van der Waals surface area contributed by atoms with E-state index in [1.165, 1.54) is 6.92 Å². The Morgan fingerprint density at radius 3 is 2.17 bits per heavy atom. The number of benzene rings is 1. The lowest BCUT2D eigenvalue weighted by atomic mass is 10.1. The van der Waals surface area contributed by atoms with E-state index in [4.69, 9.17) is 0 Å². The van der Waals surface area contributed by atoms with Crippen LogP contribution in [0.1, 0.15) is 41.5 Å². The summed E-state index contributed by atoms with van der Waals surface area (Å²) in [6, 6.07) is 7.09. The molecule has 9 nitrogen and oxygen atoms in total. The molecule has 0 saturated carbocycles. The van der Waals surface area contributed by atoms with Crippen LogP contribution in [-0.2, 0) is 10.0 Å². The number of carbonyl (C=O) groups is 3. The Bertz CT molecular complexity index is 1130. The van der Waals surface area contributed by atoms with E-state index >= 15 is 0 Å². The number of carbonyl (C=O) groups excluding carboxylic acids is 1. The molecule has 0 unspecified atom stereocenters. The number of hydrogen-bond donors (Lipinski definition) is 2. The molecule has 1 fully saturated rings. The highest BCUT2D eigenvalue weighted by atomic mass is 32.2. The monoisotopic (exact) mass is 452 g/mol. The number of carboxylic acid groups (broad SMARTS) is 2. The second kappa shape index (κ2) is 8.17. The van der Waals surface area contributed by atoms with Crippen molar-refractivity contribution in [1.82, 2.24) is 9.21 Å². The van der Waals surface area contributed by atoms with Gasteiger partial charge in [-0.3, -0.25) is 4.79 Å². The minimum Gasteiger partial charge on any atom is -0.478 e. The SMILES string of the molecule is Cc1cccc(C(=O)N2CCN(S(=O)(=O)c3sc(C(=O)O)c(C)c3C(=O)O)CC2)c1. The van der Waals surface area contributed by atoms with Crippen molar-refractivity contribution in [3.05, 3.63) is 51.4 Å². The Morgan fingerprint density at radius 1 is 1.00 bits per heavy atom. The smallest absolute Gasteiger partial charge is 0.346 e. The van der Waals surface area contributed by atoms with Gasteiger partial charge >= 0.3 is 11.9 Å². The van der Waals surface area contributed by atoms with Gasteiger partial charge in [0.2, 0.25) is 0 Å². The van der Waals surface area contributed by atoms with Crippen LogP contribution in [-0.4, -0.2) is 71.9 Å². The number of aromatic carboxylic acids is 2. The van der Waals surface area contributed by atoms with Gasteiger partial charge in [0.25, 0.3) is 15.9 Å². The Kier molecular flexibility index (Phi) is 5.97. The Morgan fingerprint density at radius 2 is 1.63 bits per heavy atom. The summed E-state index contributed by atoms with van der Waals surface area (Å²) < 4.78 is 26.7. The van der Waals surface area contributed by atoms with Crippen molar-refractivity contribution in [2.24, 2.45) is 0 Å². The number of amides is 1. The number of rotatable bonds is 5. The third-order valence-electron chi connectivity index (χ3n) is 4.89. The van der Waals surface area contributed by atoms with E-state index in [-0.39, 0.29) is 42.5 Å². The van der Waals surface area contributed by atoms with Crippen molar-refractivity contribution in [1.29, 1.82) is 0 Å². The quantitative estimate of drug-likeness (QED) is 0.708. The summed E-state index contributed by atoms with van der Waals surface area (Å²) in [6.45, 7) is 3.41. The van der Waals surface area contributed by atoms with Crippen LogP contribution in [0, 0.1) is 13.8 Å². The fourth-order valence-electron chi connectivity index (χ4n) is 3.33. The highest BCUT2D eigenvalue weighted by Crippen LogP contribution is 2.34. The number of aryl methyl sites for hydroxylation is 1. The fourth-order valence-corrected chi connectivity index (χ4v) is 6.56. The molecule has 30 heavy (non-hydrogen) atoms. The van der Waals surface area contributed by atoms with Crippen molar-refractivity contribution in [3.63, 3.8) is 0 Å². The summed E-state index contributed by atoms with van der Waals surface area (Å²) in [6.07, 6.45) is 0. The van der Waals surface area contributed by atoms with Crippen LogP contribution in [0.4, 0.5) is 0 Å². The van der Waals surface area contributed by atoms with Gasteiger partial charge < -0.3 is 15.1 Å². The van der Waals surface area contributed by atoms with E-state index in [9.17, 15) is 33.0 Å². The number of nitrogens with zero attached hydrogens (tertiary/aromatic N) is 2. The number of thiophene rings is 1. The minimum absolute atomic E-state index is 0.0156. The van der Waals surface area contributed by atoms with Gasteiger partial charge in [0.15, 0.2) is 4.21 Å². The van der Waals surface area contributed by atoms with Crippen molar-refractivity contribution < 1.29 is 33.0 Å². The van der Waals surface area contributed by atoms with Crippen molar-refractivity contribution in [2.45, 2.75) is 18.1 Å². The molecule has 0 spiro atoms. The first-order valence-electron chi connectivity index (χ1n) is 9.00. The summed E-state index contributed by atoms with van der Waals surface area (Å²) in [7, 11) is -4.22. The molecular formula is C19H20N2O7S2. The number of piperazine rings is 1. The van der Waals surface area contributed by atoms with Crippen LogP contribution in [0.15, 0.2) is 28.5 Å². The lowest BCUT2D eigenvalue weighted by molar-refractivity contribution is 0.0690. The molecule has 0 bridgehead atoms. The average molecular weight is 453 g/mol. The Labute approximate surface area is 177 Å². The maximum Gasteiger partial charge on any atom is 0.346 e. The molecule has 1 aliphatic heterocycles. The first-order chi connectivity index (χ1) is 14.0. The van der Waals surface area contributed by atoms with Crippen molar-refractivity contribution >= 4 is 39.2 Å². The molecule has 2 N–H and O–H groups in total. The third-order valence-corrected chi connectivity index (χ3v) is 8.56. The van der Waals surface area contributed by atoms with E-state index < -0.39 is 31.7 Å². The summed E-state index contributed by atoms with van der Waals surface area (Å²) in [4.78, 5) is 36.9. The number of hydrogen-bond acceptors (Lipinski definition) is 6. The fraction of sp³-hybridized carbons (Fsp3) is 0.316. The Balaban J connectivity index is 1.83. The van der Waals surface area contributed by atoms with Gasteiger partial charge in [-0.1, -0.05) is 17.7 Å². The van der Waals surface area contributed by atoms with Gasteiger partial charge in [0.1, 0.15) is 4.88 Å². The predicted octanol–water partition coefficient (Wildman–Crippen LogP) is 1.91. The average Bonchev–Trinajstić information content (AvgIpc) is 3.06. The largest absolute Gasteiger partial charge is 0.478 e. The van der Waals surface area contributed by atoms with Gasteiger partial charge in [-0.15, -0.1) is 11.3 Å². The predicted molar refractivity (Wildman–Crippen MR) is 109 cm³/mol. The van der Waals surface area contributed by atoms with Crippen LogP contribution in [0.2, 0.25) is 0 Å². The first kappa shape index (κ1) is 21.9. The van der Waals surface area contributed by atoms with Crippen LogP contribution < -0.4 is 0 Å². The summed E-state index contributed by atoms with van der Waals surface area (Å²) in [5, 5.41) is 18.7. The normalized spacial score (nSPS) is 15.2. The van der Waals surface area contributed by atoms with Gasteiger partial charge in [0, 0.05) is 31.7 Å². The van der Waals surface area contributed by atoms with Gasteiger partial charge in [-0.05, 0) is 31.5 Å². The molecule has 3 rings (SSSR count). The van der Waals surface area contributed by atoms with Crippen LogP contribution in [0.25, 0.3) is 0 Å². The molecule has 1 aromatic heterocycles. The molecule has 1 aromatic carbocycles. The zero-order valence-corrected chi connectivity index (χ0v) is 17.9. The van der Waals surface area contributed by atoms with E-state index in [0.717, 1.165) is 9.87 Å². The van der Waals surface area contributed by atoms with Gasteiger partial charge in [-0.25, -0.2) is 18.0 Å². The van der Waals surface area contributed by atoms with Crippen LogP contribution in [0.5, 0.6) is 0 Å². The zero-order chi connectivity index (χ0) is 22.2. The van der Waals surface area contributed by atoms with Crippen LogP contribution in [0.3, 0.4) is 0 Å². The van der Waals surface area contributed by atoms with Crippen LogP contribution >= 0.6 is 11.3 Å². The molecule has 1 aliphatic rings. The lowest BCUT2D eigenvalue weighted by Gasteiger charge is -2.34. The Hall–Kier alpha value is -2.76. The van der Waals surface area contributed by atoms with E-state index in [1.807, 2.05) is 13.0 Å². The lowest BCUT2D eigenvalue weighted by Crippen LogP contribution is -2.50. The molecule has 2 aromatic rings. The van der Waals surface area contributed by atoms with Crippen molar-refractivity contribution in [3.8, 4) is 0 Å². The molecule has 160 valence electrons. The molecule has 0 radical (unpaired) electrons. The van der Waals surface area contributed by atoms with E-state index in [0.29, 0.717) is 16.9 Å². The molecule has 2 heterocycles. The third kappa shape index (κ3) is 3.95. The second-order valence-electron chi connectivity index (χ2n) is 6.89. The summed E-state index contributed by atoms with van der Waals surface area (Å²) in [5.41, 5.74) is 0.840. The molecular weight excluding hydrogens is 432 g/mol. The molecule has 11 heteroatoms. The maximum absolute atomic E-state index is 13.1. The molecule has 1 amide bonds. The van der Waals surface area contributed by atoms with Gasteiger partial charge in [0.05, 0.1) is 5.56 Å². The molecule has 0 atom stereocenters. The van der Waals surface area contributed by atoms with E-state index in [1.54, 1.807) is 23.1 Å². The topological polar surface area (TPSA) is 132 Å². The first-order valence-corrected chi connectivity index (χ1v) is 11.3. The minimum atomic E-state index is -4.22. The number of carboxylic acids is 2. The number of sulfonamides is 1. The highest BCUT2D eigenvalue weighted by molar-refractivity contribution is 7.91. The van der Waals surface area contributed by atoms with E-state index in [2.05, 4.69) is 0 Å². The van der Waals surface area contributed by atoms with Crippen molar-refractivity contribution in [2.75, 3.05) is 26.2 Å².